The molecule has 3 aromatic rings. The Hall–Kier alpha value is -2.69. The number of fused-ring (bicyclic) bond motifs is 1. The first-order chi connectivity index (χ1) is 14.2. The van der Waals surface area contributed by atoms with Gasteiger partial charge in [0.1, 0.15) is 0 Å². The number of carbonyl (C=O) groups excluding carboxylic acids is 1. The zero-order valence-electron chi connectivity index (χ0n) is 17.3. The number of aryl methyl sites for hydroxylation is 3. The Kier molecular flexibility index (Phi) is 6.59. The van der Waals surface area contributed by atoms with Crippen molar-refractivity contribution in [1.82, 2.24) is 4.57 Å². The molecule has 0 atom stereocenters. The summed E-state index contributed by atoms with van der Waals surface area (Å²) in [6.07, 6.45) is 5.80. The second-order valence-corrected chi connectivity index (χ2v) is 10.4. The third-order valence-electron chi connectivity index (χ3n) is 4.77. The lowest BCUT2D eigenvalue weighted by Crippen LogP contribution is -2.17. The van der Waals surface area contributed by atoms with Gasteiger partial charge in [-0.2, -0.15) is 4.99 Å². The molecule has 0 radical (unpaired) electrons. The third kappa shape index (κ3) is 4.89. The molecule has 1 aromatic heterocycles. The number of terminal acetylenes is 1. The fourth-order valence-corrected chi connectivity index (χ4v) is 5.69. The monoisotopic (exact) mass is 440 g/mol. The summed E-state index contributed by atoms with van der Waals surface area (Å²) in [6.45, 7) is 6.25. The van der Waals surface area contributed by atoms with Gasteiger partial charge in [0.25, 0.3) is 0 Å². The molecule has 0 aliphatic heterocycles. The van der Waals surface area contributed by atoms with Crippen LogP contribution >= 0.6 is 11.3 Å². The summed E-state index contributed by atoms with van der Waals surface area (Å²) in [5.41, 5.74) is 4.18. The number of nitrogens with zero attached hydrogens (tertiary/aromatic N) is 2. The molecule has 3 rings (SSSR count). The van der Waals surface area contributed by atoms with Gasteiger partial charge in [-0.1, -0.05) is 41.0 Å². The van der Waals surface area contributed by atoms with Crippen LogP contribution in [0.5, 0.6) is 0 Å². The van der Waals surface area contributed by atoms with E-state index in [1.165, 1.54) is 11.3 Å². The molecule has 0 aliphatic rings. The van der Waals surface area contributed by atoms with Crippen LogP contribution in [0.3, 0.4) is 0 Å². The molecule has 1 amide bonds. The van der Waals surface area contributed by atoms with Crippen LogP contribution in [0.1, 0.15) is 29.5 Å². The first kappa shape index (κ1) is 22.0. The number of amides is 1. The van der Waals surface area contributed by atoms with Crippen molar-refractivity contribution in [3.05, 3.63) is 57.9 Å². The van der Waals surface area contributed by atoms with Crippen LogP contribution in [0.25, 0.3) is 10.2 Å². The molecule has 30 heavy (non-hydrogen) atoms. The van der Waals surface area contributed by atoms with Crippen molar-refractivity contribution in [2.75, 3.05) is 5.75 Å². The van der Waals surface area contributed by atoms with Crippen LogP contribution < -0.4 is 4.80 Å². The van der Waals surface area contributed by atoms with Gasteiger partial charge in [0.15, 0.2) is 14.6 Å². The van der Waals surface area contributed by atoms with Crippen LogP contribution in [0.4, 0.5) is 0 Å². The Bertz CT molecular complexity index is 1310. The number of hydrogen-bond donors (Lipinski definition) is 0. The maximum absolute atomic E-state index is 12.4. The van der Waals surface area contributed by atoms with Crippen LogP contribution in [-0.2, 0) is 21.2 Å². The first-order valence-corrected chi connectivity index (χ1v) is 12.1. The van der Waals surface area contributed by atoms with E-state index in [1.54, 1.807) is 24.3 Å². The SMILES string of the molecule is C#CCn1c(=NC(=O)CCCS(=O)(=O)c2ccc(C)cc2)sc2c(C)cc(C)cc21. The molecule has 156 valence electrons. The van der Waals surface area contributed by atoms with E-state index in [0.717, 1.165) is 26.9 Å². The molecule has 0 saturated heterocycles. The first-order valence-electron chi connectivity index (χ1n) is 9.62. The van der Waals surface area contributed by atoms with Gasteiger partial charge in [0.2, 0.25) is 5.91 Å². The Balaban J connectivity index is 1.79. The molecule has 0 unspecified atom stereocenters. The fraction of sp³-hybridized carbons (Fsp3) is 0.304. The lowest BCUT2D eigenvalue weighted by Gasteiger charge is -2.04. The summed E-state index contributed by atoms with van der Waals surface area (Å²) in [5.74, 6) is 2.18. The van der Waals surface area contributed by atoms with Gasteiger partial charge in [-0.05, 0) is 56.5 Å². The summed E-state index contributed by atoms with van der Waals surface area (Å²) in [7, 11) is -3.42. The molecule has 0 aliphatic carbocycles. The Morgan fingerprint density at radius 3 is 2.50 bits per heavy atom. The van der Waals surface area contributed by atoms with E-state index in [4.69, 9.17) is 6.42 Å². The number of benzene rings is 2. The van der Waals surface area contributed by atoms with Crippen LogP contribution in [0.15, 0.2) is 46.3 Å². The third-order valence-corrected chi connectivity index (χ3v) is 7.81. The largest absolute Gasteiger partial charge is 0.305 e. The van der Waals surface area contributed by atoms with Gasteiger partial charge < -0.3 is 4.57 Å². The van der Waals surface area contributed by atoms with E-state index in [9.17, 15) is 13.2 Å². The molecular weight excluding hydrogens is 416 g/mol. The normalized spacial score (nSPS) is 12.3. The van der Waals surface area contributed by atoms with Crippen LogP contribution in [-0.4, -0.2) is 24.6 Å². The zero-order valence-corrected chi connectivity index (χ0v) is 18.9. The van der Waals surface area contributed by atoms with Gasteiger partial charge >= 0.3 is 0 Å². The predicted molar refractivity (Wildman–Crippen MR) is 121 cm³/mol. The number of hydrogen-bond acceptors (Lipinski definition) is 4. The van der Waals surface area contributed by atoms with E-state index in [0.29, 0.717) is 11.3 Å². The number of sulfone groups is 1. The van der Waals surface area contributed by atoms with Crippen molar-refractivity contribution in [2.24, 2.45) is 4.99 Å². The topological polar surface area (TPSA) is 68.5 Å². The summed E-state index contributed by atoms with van der Waals surface area (Å²) in [4.78, 5) is 17.5. The van der Waals surface area contributed by atoms with Gasteiger partial charge in [-0.25, -0.2) is 8.42 Å². The summed E-state index contributed by atoms with van der Waals surface area (Å²) in [5, 5.41) is 0. The Morgan fingerprint density at radius 1 is 1.13 bits per heavy atom. The van der Waals surface area contributed by atoms with Gasteiger partial charge in [-0.3, -0.25) is 4.79 Å². The highest BCUT2D eigenvalue weighted by atomic mass is 32.2. The second kappa shape index (κ2) is 8.99. The summed E-state index contributed by atoms with van der Waals surface area (Å²) < 4.78 is 27.8. The number of aromatic nitrogens is 1. The molecular formula is C23H24N2O3S2. The van der Waals surface area contributed by atoms with Crippen molar-refractivity contribution in [3.8, 4) is 12.3 Å². The predicted octanol–water partition coefficient (Wildman–Crippen LogP) is 3.94. The minimum Gasteiger partial charge on any atom is -0.305 e. The number of thiazole rings is 1. The summed E-state index contributed by atoms with van der Waals surface area (Å²) >= 11 is 1.43. The standard InChI is InChI=1S/C23H24N2O3S2/c1-5-12-25-20-15-17(3)14-18(4)22(20)29-23(25)24-21(26)7-6-13-30(27,28)19-10-8-16(2)9-11-19/h1,8-11,14-15H,6-7,12-13H2,2-4H3. The minimum atomic E-state index is -3.42. The summed E-state index contributed by atoms with van der Waals surface area (Å²) in [6, 6.07) is 10.8. The molecule has 0 N–H and O–H groups in total. The molecule has 0 saturated carbocycles. The van der Waals surface area contributed by atoms with Crippen molar-refractivity contribution in [1.29, 1.82) is 0 Å². The highest BCUT2D eigenvalue weighted by molar-refractivity contribution is 7.91. The van der Waals surface area contributed by atoms with Crippen LogP contribution in [0, 0.1) is 33.1 Å². The van der Waals surface area contributed by atoms with Crippen molar-refractivity contribution >= 4 is 37.3 Å². The molecule has 0 fully saturated rings. The molecule has 1 heterocycles. The average molecular weight is 441 g/mol. The quantitative estimate of drug-likeness (QED) is 0.545. The Morgan fingerprint density at radius 2 is 1.83 bits per heavy atom. The van der Waals surface area contributed by atoms with Gasteiger partial charge in [-0.15, -0.1) is 6.42 Å². The lowest BCUT2D eigenvalue weighted by atomic mass is 10.1. The molecule has 0 bridgehead atoms. The fourth-order valence-electron chi connectivity index (χ4n) is 3.28. The zero-order chi connectivity index (χ0) is 21.9. The van der Waals surface area contributed by atoms with Crippen LogP contribution in [0.2, 0.25) is 0 Å². The maximum Gasteiger partial charge on any atom is 0.248 e. The second-order valence-electron chi connectivity index (χ2n) is 7.35. The lowest BCUT2D eigenvalue weighted by molar-refractivity contribution is -0.118. The van der Waals surface area contributed by atoms with E-state index >= 15 is 0 Å². The van der Waals surface area contributed by atoms with Gasteiger partial charge in [0, 0.05) is 6.42 Å². The number of rotatable bonds is 6. The smallest absolute Gasteiger partial charge is 0.248 e. The maximum atomic E-state index is 12.4. The van der Waals surface area contributed by atoms with Crippen molar-refractivity contribution < 1.29 is 13.2 Å². The van der Waals surface area contributed by atoms with Crippen molar-refractivity contribution in [3.63, 3.8) is 0 Å². The highest BCUT2D eigenvalue weighted by Gasteiger charge is 2.15. The minimum absolute atomic E-state index is 0.0629. The van der Waals surface area contributed by atoms with E-state index < -0.39 is 9.84 Å². The number of carbonyl (C=O) groups is 1. The van der Waals surface area contributed by atoms with Gasteiger partial charge in [0.05, 0.1) is 27.4 Å². The van der Waals surface area contributed by atoms with Crippen molar-refractivity contribution in [2.45, 2.75) is 45.1 Å². The average Bonchev–Trinajstić information content (AvgIpc) is 3.00. The molecule has 0 spiro atoms. The van der Waals surface area contributed by atoms with E-state index in [1.807, 2.05) is 31.4 Å². The highest BCUT2D eigenvalue weighted by Crippen LogP contribution is 2.23. The van der Waals surface area contributed by atoms with E-state index in [-0.39, 0.29) is 29.4 Å². The molecule has 2 aromatic carbocycles. The molecule has 7 heteroatoms. The molecule has 5 nitrogen and oxygen atoms in total. The Labute approximate surface area is 181 Å². The van der Waals surface area contributed by atoms with E-state index in [2.05, 4.69) is 17.0 Å².